The van der Waals surface area contributed by atoms with Gasteiger partial charge in [0.05, 0.1) is 0 Å². The van der Waals surface area contributed by atoms with E-state index in [9.17, 15) is 0 Å². The molecular weight excluding hydrogens is 430 g/mol. The molecule has 1 atom stereocenters. The molecule has 3 aromatic rings. The molecule has 1 aliphatic heterocycles. The highest BCUT2D eigenvalue weighted by atomic mass is 35.5. The monoisotopic (exact) mass is 463 g/mol. The van der Waals surface area contributed by atoms with E-state index in [0.29, 0.717) is 0 Å². The minimum absolute atomic E-state index is 0.0848. The van der Waals surface area contributed by atoms with Crippen molar-refractivity contribution in [1.82, 2.24) is 9.80 Å². The molecule has 0 bridgehead atoms. The first kappa shape index (κ1) is 23.6. The Hall–Kier alpha value is -2.53. The first-order chi connectivity index (χ1) is 16.1. The molecule has 0 saturated carbocycles. The van der Waals surface area contributed by atoms with Crippen molar-refractivity contribution in [1.29, 1.82) is 0 Å². The number of hydrogen-bond donors (Lipinski definition) is 0. The van der Waals surface area contributed by atoms with Crippen LogP contribution in [0.2, 0.25) is 5.02 Å². The van der Waals surface area contributed by atoms with Gasteiger partial charge in [-0.05, 0) is 23.8 Å². The van der Waals surface area contributed by atoms with Crippen LogP contribution in [0.5, 0.6) is 5.75 Å². The van der Waals surface area contributed by atoms with Crippen LogP contribution in [0.25, 0.3) is 0 Å². The molecule has 1 aliphatic rings. The maximum Gasteiger partial charge on any atom is 0.126 e. The smallest absolute Gasteiger partial charge is 0.126 e. The SMILES string of the molecule is CN(C)c1cccc(OC(CCN2CCN(Cc3ccccc3)CC2)c2ccccc2Cl)c1. The molecule has 0 aromatic heterocycles. The van der Waals surface area contributed by atoms with Crippen LogP contribution in [0.3, 0.4) is 0 Å². The molecule has 4 nitrogen and oxygen atoms in total. The molecule has 0 amide bonds. The molecule has 0 aliphatic carbocycles. The maximum absolute atomic E-state index is 6.58. The zero-order chi connectivity index (χ0) is 23.0. The molecule has 1 unspecified atom stereocenters. The van der Waals surface area contributed by atoms with Gasteiger partial charge in [-0.15, -0.1) is 0 Å². The Morgan fingerprint density at radius 3 is 2.27 bits per heavy atom. The second-order valence-electron chi connectivity index (χ2n) is 8.91. The predicted octanol–water partition coefficient (Wildman–Crippen LogP) is 5.73. The topological polar surface area (TPSA) is 19.0 Å². The van der Waals surface area contributed by atoms with Crippen LogP contribution in [-0.4, -0.2) is 56.6 Å². The molecule has 174 valence electrons. The van der Waals surface area contributed by atoms with Gasteiger partial charge >= 0.3 is 0 Å². The Bertz CT molecular complexity index is 1000. The Kier molecular flexibility index (Phi) is 8.27. The second-order valence-corrected chi connectivity index (χ2v) is 9.32. The molecule has 0 radical (unpaired) electrons. The third-order valence-electron chi connectivity index (χ3n) is 6.29. The van der Waals surface area contributed by atoms with Gasteiger partial charge < -0.3 is 14.5 Å². The molecule has 1 saturated heterocycles. The lowest BCUT2D eigenvalue weighted by Crippen LogP contribution is -2.46. The summed E-state index contributed by atoms with van der Waals surface area (Å²) >= 11 is 6.58. The van der Waals surface area contributed by atoms with E-state index >= 15 is 0 Å². The first-order valence-electron chi connectivity index (χ1n) is 11.8. The molecular formula is C28H34ClN3O. The number of rotatable bonds is 9. The van der Waals surface area contributed by atoms with Crippen LogP contribution >= 0.6 is 11.6 Å². The van der Waals surface area contributed by atoms with Crippen molar-refractivity contribution in [3.8, 4) is 5.75 Å². The van der Waals surface area contributed by atoms with Crippen LogP contribution in [0.15, 0.2) is 78.9 Å². The quantitative estimate of drug-likeness (QED) is 0.403. The Morgan fingerprint density at radius 1 is 0.848 bits per heavy atom. The average Bonchev–Trinajstić information content (AvgIpc) is 2.84. The Balaban J connectivity index is 1.37. The lowest BCUT2D eigenvalue weighted by molar-refractivity contribution is 0.107. The van der Waals surface area contributed by atoms with Crippen LogP contribution in [-0.2, 0) is 6.54 Å². The summed E-state index contributed by atoms with van der Waals surface area (Å²) < 4.78 is 6.52. The van der Waals surface area contributed by atoms with E-state index in [0.717, 1.165) is 67.7 Å². The molecule has 0 N–H and O–H groups in total. The van der Waals surface area contributed by atoms with E-state index in [4.69, 9.17) is 16.3 Å². The summed E-state index contributed by atoms with van der Waals surface area (Å²) in [4.78, 5) is 7.18. The van der Waals surface area contributed by atoms with Gasteiger partial charge in [0.2, 0.25) is 0 Å². The fourth-order valence-electron chi connectivity index (χ4n) is 4.33. The van der Waals surface area contributed by atoms with Crippen LogP contribution < -0.4 is 9.64 Å². The van der Waals surface area contributed by atoms with E-state index < -0.39 is 0 Å². The van der Waals surface area contributed by atoms with Gasteiger partial charge in [0.15, 0.2) is 0 Å². The number of piperazine rings is 1. The lowest BCUT2D eigenvalue weighted by atomic mass is 10.1. The van der Waals surface area contributed by atoms with Crippen molar-refractivity contribution in [3.63, 3.8) is 0 Å². The van der Waals surface area contributed by atoms with Gasteiger partial charge in [0.25, 0.3) is 0 Å². The highest BCUT2D eigenvalue weighted by molar-refractivity contribution is 6.31. The molecule has 1 heterocycles. The first-order valence-corrected chi connectivity index (χ1v) is 12.1. The highest BCUT2D eigenvalue weighted by Gasteiger charge is 2.21. The minimum Gasteiger partial charge on any atom is -0.486 e. The zero-order valence-corrected chi connectivity index (χ0v) is 20.4. The second kappa shape index (κ2) is 11.6. The third kappa shape index (κ3) is 6.73. The van der Waals surface area contributed by atoms with Gasteiger partial charge in [-0.2, -0.15) is 0 Å². The maximum atomic E-state index is 6.58. The molecule has 3 aromatic carbocycles. The van der Waals surface area contributed by atoms with E-state index in [1.807, 2.05) is 44.4 Å². The molecule has 0 spiro atoms. The molecule has 33 heavy (non-hydrogen) atoms. The fourth-order valence-corrected chi connectivity index (χ4v) is 4.58. The number of anilines is 1. The van der Waals surface area contributed by atoms with Crippen molar-refractivity contribution in [3.05, 3.63) is 95.0 Å². The number of halogens is 1. The molecule has 1 fully saturated rings. The Labute approximate surface area is 203 Å². The third-order valence-corrected chi connectivity index (χ3v) is 6.63. The van der Waals surface area contributed by atoms with Gasteiger partial charge in [-0.3, -0.25) is 4.90 Å². The summed E-state index contributed by atoms with van der Waals surface area (Å²) in [6, 6.07) is 27.0. The van der Waals surface area contributed by atoms with Gasteiger partial charge in [-0.25, -0.2) is 0 Å². The van der Waals surface area contributed by atoms with Gasteiger partial charge in [0.1, 0.15) is 11.9 Å². The largest absolute Gasteiger partial charge is 0.486 e. The van der Waals surface area contributed by atoms with Crippen LogP contribution in [0.1, 0.15) is 23.7 Å². The number of nitrogens with zero attached hydrogens (tertiary/aromatic N) is 3. The molecule has 5 heteroatoms. The summed E-state index contributed by atoms with van der Waals surface area (Å²) in [6.07, 6.45) is 0.813. The number of hydrogen-bond acceptors (Lipinski definition) is 4. The van der Waals surface area contributed by atoms with E-state index in [2.05, 4.69) is 63.2 Å². The summed E-state index contributed by atoms with van der Waals surface area (Å²) in [5, 5.41) is 0.763. The van der Waals surface area contributed by atoms with Crippen molar-refractivity contribution >= 4 is 17.3 Å². The van der Waals surface area contributed by atoms with Gasteiger partial charge in [0, 0.05) is 82.1 Å². The van der Waals surface area contributed by atoms with Crippen molar-refractivity contribution in [2.45, 2.75) is 19.1 Å². The molecule has 4 rings (SSSR count). The van der Waals surface area contributed by atoms with Crippen molar-refractivity contribution in [2.75, 3.05) is 51.7 Å². The van der Waals surface area contributed by atoms with Crippen molar-refractivity contribution < 1.29 is 4.74 Å². The normalized spacial score (nSPS) is 15.8. The van der Waals surface area contributed by atoms with Crippen LogP contribution in [0.4, 0.5) is 5.69 Å². The Morgan fingerprint density at radius 2 is 1.55 bits per heavy atom. The predicted molar refractivity (Wildman–Crippen MR) is 138 cm³/mol. The summed E-state index contributed by atoms with van der Waals surface area (Å²) in [6.45, 7) is 6.37. The van der Waals surface area contributed by atoms with Crippen LogP contribution in [0, 0.1) is 0 Å². The van der Waals surface area contributed by atoms with Gasteiger partial charge in [-0.1, -0.05) is 66.2 Å². The average molecular weight is 464 g/mol. The lowest BCUT2D eigenvalue weighted by Gasteiger charge is -2.35. The zero-order valence-electron chi connectivity index (χ0n) is 19.7. The van der Waals surface area contributed by atoms with E-state index in [1.54, 1.807) is 0 Å². The minimum atomic E-state index is -0.0848. The standard InChI is InChI=1S/C28H34ClN3O/c1-30(2)24-11-8-12-25(21-24)33-28(26-13-6-7-14-27(26)29)15-16-31-17-19-32(20-18-31)22-23-9-4-3-5-10-23/h3-14,21,28H,15-20,22H2,1-2H3. The number of benzene rings is 3. The number of ether oxygens (including phenoxy) is 1. The highest BCUT2D eigenvalue weighted by Crippen LogP contribution is 2.31. The van der Waals surface area contributed by atoms with Crippen molar-refractivity contribution in [2.24, 2.45) is 0 Å². The summed E-state index contributed by atoms with van der Waals surface area (Å²) in [7, 11) is 4.09. The summed E-state index contributed by atoms with van der Waals surface area (Å²) in [5.74, 6) is 0.874. The van der Waals surface area contributed by atoms with E-state index in [-0.39, 0.29) is 6.10 Å². The summed E-state index contributed by atoms with van der Waals surface area (Å²) in [5.41, 5.74) is 3.56. The van der Waals surface area contributed by atoms with E-state index in [1.165, 1.54) is 5.56 Å². The fraction of sp³-hybridized carbons (Fsp3) is 0.357.